The first-order chi connectivity index (χ1) is 6.52. The summed E-state index contributed by atoms with van der Waals surface area (Å²) < 4.78 is 0. The van der Waals surface area contributed by atoms with Crippen LogP contribution < -0.4 is 5.73 Å². The van der Waals surface area contributed by atoms with Crippen molar-refractivity contribution in [3.63, 3.8) is 0 Å². The fraction of sp³-hybridized carbons (Fsp3) is 0.900. The largest absolute Gasteiger partial charge is 0.480 e. The summed E-state index contributed by atoms with van der Waals surface area (Å²) in [5.41, 5.74) is 5.39. The maximum absolute atomic E-state index is 10.6. The lowest BCUT2D eigenvalue weighted by molar-refractivity contribution is -0.142. The highest BCUT2D eigenvalue weighted by molar-refractivity contribution is 5.73. The van der Waals surface area contributed by atoms with Gasteiger partial charge in [-0.2, -0.15) is 0 Å². The molecule has 0 aromatic rings. The quantitative estimate of drug-likeness (QED) is 0.624. The van der Waals surface area contributed by atoms with E-state index in [0.717, 1.165) is 19.3 Å². The molecule has 14 heavy (non-hydrogen) atoms. The molecule has 1 fully saturated rings. The zero-order valence-electron chi connectivity index (χ0n) is 8.52. The molecule has 0 saturated heterocycles. The highest BCUT2D eigenvalue weighted by atomic mass is 16.4. The van der Waals surface area contributed by atoms with Crippen LogP contribution in [0.25, 0.3) is 0 Å². The Morgan fingerprint density at radius 2 is 2.14 bits per heavy atom. The minimum absolute atomic E-state index is 0.0600. The van der Waals surface area contributed by atoms with Gasteiger partial charge in [-0.15, -0.1) is 0 Å². The van der Waals surface area contributed by atoms with E-state index in [2.05, 4.69) is 6.92 Å². The molecule has 0 radical (unpaired) electrons. The second kappa shape index (κ2) is 4.75. The van der Waals surface area contributed by atoms with E-state index in [1.54, 1.807) is 0 Å². The van der Waals surface area contributed by atoms with Crippen molar-refractivity contribution in [3.8, 4) is 0 Å². The minimum Gasteiger partial charge on any atom is -0.480 e. The minimum atomic E-state index is -1.13. The van der Waals surface area contributed by atoms with Crippen LogP contribution in [0.3, 0.4) is 0 Å². The first-order valence-corrected chi connectivity index (χ1v) is 5.18. The van der Waals surface area contributed by atoms with Gasteiger partial charge in [0, 0.05) is 0 Å². The van der Waals surface area contributed by atoms with Crippen LogP contribution in [-0.2, 0) is 4.79 Å². The van der Waals surface area contributed by atoms with Crippen LogP contribution in [-0.4, -0.2) is 28.3 Å². The lowest BCUT2D eigenvalue weighted by Crippen LogP contribution is -2.46. The van der Waals surface area contributed by atoms with Gasteiger partial charge in [0.05, 0.1) is 6.10 Å². The van der Waals surface area contributed by atoms with E-state index in [1.807, 2.05) is 0 Å². The van der Waals surface area contributed by atoms with Gasteiger partial charge in [0.25, 0.3) is 0 Å². The molecule has 4 N–H and O–H groups in total. The van der Waals surface area contributed by atoms with Crippen molar-refractivity contribution in [1.29, 1.82) is 0 Å². The molecule has 1 rings (SSSR count). The average molecular weight is 201 g/mol. The molecule has 82 valence electrons. The number of aliphatic carboxylic acids is 1. The monoisotopic (exact) mass is 201 g/mol. The summed E-state index contributed by atoms with van der Waals surface area (Å²) in [6.07, 6.45) is 3.13. The number of hydrogen-bond donors (Lipinski definition) is 3. The van der Waals surface area contributed by atoms with Crippen molar-refractivity contribution >= 4 is 5.97 Å². The van der Waals surface area contributed by atoms with Crippen LogP contribution in [0.15, 0.2) is 0 Å². The number of aliphatic hydroxyl groups is 1. The zero-order valence-corrected chi connectivity index (χ0v) is 8.52. The molecule has 1 saturated carbocycles. The third kappa shape index (κ3) is 2.69. The normalized spacial score (nSPS) is 32.2. The Hall–Kier alpha value is -0.610. The Labute approximate surface area is 84.1 Å². The van der Waals surface area contributed by atoms with Crippen molar-refractivity contribution in [2.45, 2.75) is 44.8 Å². The van der Waals surface area contributed by atoms with Gasteiger partial charge in [0.15, 0.2) is 0 Å². The van der Waals surface area contributed by atoms with Crippen LogP contribution in [0.4, 0.5) is 0 Å². The second-order valence-electron chi connectivity index (χ2n) is 4.39. The maximum Gasteiger partial charge on any atom is 0.323 e. The number of hydrogen-bond acceptors (Lipinski definition) is 3. The molecule has 0 aromatic carbocycles. The lowest BCUT2D eigenvalue weighted by atomic mass is 9.78. The Morgan fingerprint density at radius 1 is 1.50 bits per heavy atom. The van der Waals surface area contributed by atoms with Gasteiger partial charge in [0.2, 0.25) is 0 Å². The highest BCUT2D eigenvalue weighted by Gasteiger charge is 2.32. The molecule has 4 heteroatoms. The maximum atomic E-state index is 10.6. The van der Waals surface area contributed by atoms with Crippen molar-refractivity contribution in [2.24, 2.45) is 17.6 Å². The summed E-state index contributed by atoms with van der Waals surface area (Å²) in [4.78, 5) is 10.6. The van der Waals surface area contributed by atoms with E-state index in [4.69, 9.17) is 10.8 Å². The number of nitrogens with two attached hydrogens (primary N) is 1. The van der Waals surface area contributed by atoms with Crippen LogP contribution in [0.2, 0.25) is 0 Å². The van der Waals surface area contributed by atoms with Crippen LogP contribution in [0, 0.1) is 11.8 Å². The summed E-state index contributed by atoms with van der Waals surface area (Å²) >= 11 is 0. The van der Waals surface area contributed by atoms with Gasteiger partial charge in [0.1, 0.15) is 6.04 Å². The van der Waals surface area contributed by atoms with Crippen molar-refractivity contribution in [2.75, 3.05) is 0 Å². The van der Waals surface area contributed by atoms with E-state index in [9.17, 15) is 9.90 Å². The molecule has 0 spiro atoms. The first-order valence-electron chi connectivity index (χ1n) is 5.18. The number of carboxylic acid groups (broad SMARTS) is 1. The molecule has 0 bridgehead atoms. The summed E-state index contributed by atoms with van der Waals surface area (Å²) in [6, 6.07) is -1.13. The van der Waals surface area contributed by atoms with Crippen LogP contribution in [0.1, 0.15) is 32.6 Å². The predicted octanol–water partition coefficient (Wildman–Crippen LogP) is 0.585. The standard InChI is InChI=1S/C10H19NO3/c1-6-3-2-4-7(5-6)9(12)8(11)10(13)14/h6-9,12H,2-5,11H2,1H3,(H,13,14). The van der Waals surface area contributed by atoms with Gasteiger partial charge in [-0.05, 0) is 24.7 Å². The molecule has 1 aliphatic carbocycles. The van der Waals surface area contributed by atoms with Crippen molar-refractivity contribution < 1.29 is 15.0 Å². The third-order valence-electron chi connectivity index (χ3n) is 3.11. The second-order valence-corrected chi connectivity index (χ2v) is 4.39. The molecule has 0 heterocycles. The zero-order chi connectivity index (χ0) is 10.7. The number of carbonyl (C=O) groups is 1. The van der Waals surface area contributed by atoms with E-state index in [1.165, 1.54) is 6.42 Å². The SMILES string of the molecule is CC1CCCC(C(O)C(N)C(=O)O)C1. The van der Waals surface area contributed by atoms with Gasteiger partial charge >= 0.3 is 5.97 Å². The van der Waals surface area contributed by atoms with Crippen molar-refractivity contribution in [3.05, 3.63) is 0 Å². The fourth-order valence-corrected chi connectivity index (χ4v) is 2.23. The Morgan fingerprint density at radius 3 is 2.64 bits per heavy atom. The Balaban J connectivity index is 2.50. The molecule has 1 aliphatic rings. The predicted molar refractivity (Wildman–Crippen MR) is 52.7 cm³/mol. The summed E-state index contributed by atoms with van der Waals surface area (Å²) in [5, 5.41) is 18.4. The Bertz CT molecular complexity index is 208. The summed E-state index contributed by atoms with van der Waals surface area (Å²) in [5.74, 6) is -0.482. The van der Waals surface area contributed by atoms with Gasteiger partial charge in [-0.25, -0.2) is 0 Å². The molecule has 0 amide bonds. The highest BCUT2D eigenvalue weighted by Crippen LogP contribution is 2.31. The number of carboxylic acids is 1. The van der Waals surface area contributed by atoms with Gasteiger partial charge in [-0.1, -0.05) is 19.8 Å². The molecule has 4 nitrogen and oxygen atoms in total. The van der Waals surface area contributed by atoms with Crippen LogP contribution >= 0.6 is 0 Å². The molecule has 4 atom stereocenters. The third-order valence-corrected chi connectivity index (χ3v) is 3.11. The summed E-state index contributed by atoms with van der Waals surface area (Å²) in [6.45, 7) is 2.13. The van der Waals surface area contributed by atoms with E-state index >= 15 is 0 Å². The molecule has 0 aliphatic heterocycles. The summed E-state index contributed by atoms with van der Waals surface area (Å²) in [7, 11) is 0. The van der Waals surface area contributed by atoms with Crippen LogP contribution in [0.5, 0.6) is 0 Å². The molecular formula is C10H19NO3. The topological polar surface area (TPSA) is 83.5 Å². The van der Waals surface area contributed by atoms with E-state index in [-0.39, 0.29) is 5.92 Å². The number of aliphatic hydroxyl groups excluding tert-OH is 1. The van der Waals surface area contributed by atoms with Crippen molar-refractivity contribution in [1.82, 2.24) is 0 Å². The molecule has 0 aromatic heterocycles. The average Bonchev–Trinajstić information content (AvgIpc) is 2.15. The Kier molecular flexibility index (Phi) is 3.89. The fourth-order valence-electron chi connectivity index (χ4n) is 2.23. The molecule has 4 unspecified atom stereocenters. The first kappa shape index (κ1) is 11.5. The number of rotatable bonds is 3. The van der Waals surface area contributed by atoms with E-state index in [0.29, 0.717) is 5.92 Å². The smallest absolute Gasteiger partial charge is 0.323 e. The van der Waals surface area contributed by atoms with E-state index < -0.39 is 18.1 Å². The molecular weight excluding hydrogens is 182 g/mol. The lowest BCUT2D eigenvalue weighted by Gasteiger charge is -2.31. The van der Waals surface area contributed by atoms with Gasteiger partial charge in [-0.3, -0.25) is 4.79 Å². The van der Waals surface area contributed by atoms with Gasteiger partial charge < -0.3 is 15.9 Å².